The van der Waals surface area contributed by atoms with Crippen molar-refractivity contribution in [2.75, 3.05) is 0 Å². The minimum absolute atomic E-state index is 0.592. The van der Waals surface area contributed by atoms with Gasteiger partial charge in [-0.1, -0.05) is 139 Å². The zero-order chi connectivity index (χ0) is 32.0. The topological polar surface area (TPSA) is 51.8 Å². The zero-order valence-corrected chi connectivity index (χ0v) is 26.3. The molecule has 0 spiro atoms. The van der Waals surface area contributed by atoms with Crippen LogP contribution in [-0.4, -0.2) is 15.0 Å². The van der Waals surface area contributed by atoms with Crippen LogP contribution in [0.5, 0.6) is 0 Å². The van der Waals surface area contributed by atoms with Crippen LogP contribution in [0.3, 0.4) is 0 Å². The summed E-state index contributed by atoms with van der Waals surface area (Å²) in [5, 5.41) is 4.39. The Morgan fingerprint density at radius 1 is 0.396 bits per heavy atom. The molecule has 0 N–H and O–H groups in total. The molecule has 0 amide bonds. The van der Waals surface area contributed by atoms with E-state index >= 15 is 0 Å². The molecular weight excluding hydrogens is 587 g/mol. The Kier molecular flexibility index (Phi) is 6.65. The van der Waals surface area contributed by atoms with Crippen LogP contribution < -0.4 is 0 Å². The second kappa shape index (κ2) is 11.4. The van der Waals surface area contributed by atoms with Crippen molar-refractivity contribution in [3.8, 4) is 56.4 Å². The molecule has 0 fully saturated rings. The van der Waals surface area contributed by atoms with E-state index in [0.717, 1.165) is 71.7 Å². The van der Waals surface area contributed by atoms with E-state index in [1.807, 2.05) is 18.2 Å². The molecule has 0 saturated carbocycles. The van der Waals surface area contributed by atoms with Crippen LogP contribution in [0, 0.1) is 6.92 Å². The molecule has 226 valence electrons. The maximum absolute atomic E-state index is 6.47. The van der Waals surface area contributed by atoms with Crippen molar-refractivity contribution in [1.82, 2.24) is 15.0 Å². The van der Waals surface area contributed by atoms with Gasteiger partial charge in [-0.25, -0.2) is 15.0 Å². The first-order chi connectivity index (χ1) is 23.7. The molecule has 0 aliphatic rings. The SMILES string of the molecule is Cc1cccc(-c2cccc(-c3nc(-c4ccc5c(c4)oc4cccc(-c6ccccc6)c45)nc(-c4cccc5ccccc45)n3)c2)c1. The molecule has 0 radical (unpaired) electrons. The highest BCUT2D eigenvalue weighted by Gasteiger charge is 2.17. The van der Waals surface area contributed by atoms with Crippen LogP contribution in [0.25, 0.3) is 89.1 Å². The van der Waals surface area contributed by atoms with Gasteiger partial charge in [-0.3, -0.25) is 0 Å². The minimum atomic E-state index is 0.592. The Labute approximate surface area is 278 Å². The summed E-state index contributed by atoms with van der Waals surface area (Å²) in [5.41, 5.74) is 10.2. The van der Waals surface area contributed by atoms with Crippen molar-refractivity contribution in [2.45, 2.75) is 6.92 Å². The van der Waals surface area contributed by atoms with Gasteiger partial charge in [-0.2, -0.15) is 0 Å². The van der Waals surface area contributed by atoms with E-state index in [0.29, 0.717) is 17.5 Å². The van der Waals surface area contributed by atoms with E-state index in [1.165, 1.54) is 5.56 Å². The van der Waals surface area contributed by atoms with Gasteiger partial charge in [0.2, 0.25) is 0 Å². The van der Waals surface area contributed by atoms with Crippen LogP contribution in [0.1, 0.15) is 5.56 Å². The lowest BCUT2D eigenvalue weighted by molar-refractivity contribution is 0.669. The molecule has 0 unspecified atom stereocenters. The summed E-state index contributed by atoms with van der Waals surface area (Å²) in [5.74, 6) is 1.84. The Bertz CT molecular complexity index is 2630. The van der Waals surface area contributed by atoms with E-state index in [9.17, 15) is 0 Å². The molecule has 0 bridgehead atoms. The largest absolute Gasteiger partial charge is 0.456 e. The maximum Gasteiger partial charge on any atom is 0.164 e. The first-order valence-electron chi connectivity index (χ1n) is 16.1. The Morgan fingerprint density at radius 3 is 1.88 bits per heavy atom. The average molecular weight is 616 g/mol. The zero-order valence-electron chi connectivity index (χ0n) is 26.3. The van der Waals surface area contributed by atoms with Gasteiger partial charge in [0.15, 0.2) is 17.5 Å². The number of aryl methyl sites for hydroxylation is 1. The quantitative estimate of drug-likeness (QED) is 0.193. The van der Waals surface area contributed by atoms with Crippen LogP contribution in [0.4, 0.5) is 0 Å². The molecule has 2 heterocycles. The molecule has 48 heavy (non-hydrogen) atoms. The lowest BCUT2D eigenvalue weighted by Crippen LogP contribution is -2.00. The smallest absolute Gasteiger partial charge is 0.164 e. The molecule has 9 aromatic rings. The number of hydrogen-bond acceptors (Lipinski definition) is 4. The van der Waals surface area contributed by atoms with Gasteiger partial charge < -0.3 is 4.42 Å². The van der Waals surface area contributed by atoms with E-state index in [-0.39, 0.29) is 0 Å². The third kappa shape index (κ3) is 4.91. The van der Waals surface area contributed by atoms with Gasteiger partial charge in [0, 0.05) is 27.5 Å². The molecule has 4 nitrogen and oxygen atoms in total. The summed E-state index contributed by atoms with van der Waals surface area (Å²) in [6.45, 7) is 2.11. The number of aromatic nitrogens is 3. The van der Waals surface area contributed by atoms with Gasteiger partial charge in [-0.15, -0.1) is 0 Å². The number of hydrogen-bond donors (Lipinski definition) is 0. The summed E-state index contributed by atoms with van der Waals surface area (Å²) in [4.78, 5) is 15.3. The highest BCUT2D eigenvalue weighted by molar-refractivity contribution is 6.13. The molecule has 0 aliphatic heterocycles. The molecule has 7 aromatic carbocycles. The van der Waals surface area contributed by atoms with E-state index in [1.54, 1.807) is 0 Å². The second-order valence-corrected chi connectivity index (χ2v) is 12.1. The Morgan fingerprint density at radius 2 is 1.02 bits per heavy atom. The van der Waals surface area contributed by atoms with Crippen molar-refractivity contribution in [3.63, 3.8) is 0 Å². The summed E-state index contributed by atoms with van der Waals surface area (Å²) in [6, 6.07) is 54.5. The third-order valence-corrected chi connectivity index (χ3v) is 8.98. The standard InChI is InChI=1S/C44H29N3O/c1-28-11-7-16-31(25-28)32-17-8-18-33(26-32)42-45-43(47-44(46-42)37-21-9-15-29-14-5-6-19-35(29)37)34-23-24-38-40(27-34)48-39-22-10-20-36(41(38)39)30-12-3-2-4-13-30/h2-27H,1H3. The van der Waals surface area contributed by atoms with Gasteiger partial charge in [-0.05, 0) is 64.2 Å². The van der Waals surface area contributed by atoms with Crippen LogP contribution >= 0.6 is 0 Å². The summed E-state index contributed by atoms with van der Waals surface area (Å²) >= 11 is 0. The molecule has 2 aromatic heterocycles. The van der Waals surface area contributed by atoms with Gasteiger partial charge in [0.05, 0.1) is 0 Å². The van der Waals surface area contributed by atoms with Crippen molar-refractivity contribution in [2.24, 2.45) is 0 Å². The average Bonchev–Trinajstić information content (AvgIpc) is 3.53. The number of rotatable bonds is 5. The molecule has 9 rings (SSSR count). The highest BCUT2D eigenvalue weighted by Crippen LogP contribution is 2.38. The molecule has 0 aliphatic carbocycles. The summed E-state index contributed by atoms with van der Waals surface area (Å²) in [7, 11) is 0. The normalized spacial score (nSPS) is 11.4. The molecule has 4 heteroatoms. The van der Waals surface area contributed by atoms with Crippen molar-refractivity contribution in [1.29, 1.82) is 0 Å². The number of nitrogens with zero attached hydrogens (tertiary/aromatic N) is 3. The molecule has 0 atom stereocenters. The highest BCUT2D eigenvalue weighted by atomic mass is 16.3. The first kappa shape index (κ1) is 27.9. The van der Waals surface area contributed by atoms with E-state index in [4.69, 9.17) is 19.4 Å². The number of fused-ring (bicyclic) bond motifs is 4. The van der Waals surface area contributed by atoms with Gasteiger partial charge >= 0.3 is 0 Å². The first-order valence-corrected chi connectivity index (χ1v) is 16.1. The lowest BCUT2D eigenvalue weighted by atomic mass is 9.99. The number of benzene rings is 7. The maximum atomic E-state index is 6.47. The fraction of sp³-hybridized carbons (Fsp3) is 0.0227. The molecular formula is C44H29N3O. The Balaban J connectivity index is 1.24. The van der Waals surface area contributed by atoms with E-state index in [2.05, 4.69) is 146 Å². The lowest BCUT2D eigenvalue weighted by Gasteiger charge is -2.11. The summed E-state index contributed by atoms with van der Waals surface area (Å²) < 4.78 is 6.47. The monoisotopic (exact) mass is 615 g/mol. The van der Waals surface area contributed by atoms with Crippen LogP contribution in [0.2, 0.25) is 0 Å². The molecule has 0 saturated heterocycles. The van der Waals surface area contributed by atoms with Crippen molar-refractivity contribution < 1.29 is 4.42 Å². The third-order valence-electron chi connectivity index (χ3n) is 8.98. The predicted octanol–water partition coefficient (Wildman–Crippen LogP) is 11.6. The fourth-order valence-corrected chi connectivity index (χ4v) is 6.66. The Hall–Kier alpha value is -6.39. The van der Waals surface area contributed by atoms with E-state index < -0.39 is 0 Å². The van der Waals surface area contributed by atoms with Crippen molar-refractivity contribution in [3.05, 3.63) is 163 Å². The number of furan rings is 1. The second-order valence-electron chi connectivity index (χ2n) is 12.1. The fourth-order valence-electron chi connectivity index (χ4n) is 6.66. The van der Waals surface area contributed by atoms with Crippen molar-refractivity contribution >= 4 is 32.7 Å². The summed E-state index contributed by atoms with van der Waals surface area (Å²) in [6.07, 6.45) is 0. The van der Waals surface area contributed by atoms with Gasteiger partial charge in [0.1, 0.15) is 11.2 Å². The van der Waals surface area contributed by atoms with Crippen LogP contribution in [-0.2, 0) is 0 Å². The predicted molar refractivity (Wildman–Crippen MR) is 197 cm³/mol. The van der Waals surface area contributed by atoms with Crippen LogP contribution in [0.15, 0.2) is 162 Å². The van der Waals surface area contributed by atoms with Gasteiger partial charge in [0.25, 0.3) is 0 Å². The minimum Gasteiger partial charge on any atom is -0.456 e.